The van der Waals surface area contributed by atoms with Crippen molar-refractivity contribution in [1.82, 2.24) is 15.0 Å². The average molecular weight is 321 g/mol. The molecule has 2 saturated heterocycles. The van der Waals surface area contributed by atoms with Crippen molar-refractivity contribution in [3.05, 3.63) is 17.5 Å². The maximum atomic E-state index is 5.53. The number of hydrogen-bond donors (Lipinski definition) is 0. The molecule has 3 rings (SSSR count). The highest BCUT2D eigenvalue weighted by Gasteiger charge is 2.36. The van der Waals surface area contributed by atoms with Crippen LogP contribution in [0.25, 0.3) is 0 Å². The summed E-state index contributed by atoms with van der Waals surface area (Å²) in [4.78, 5) is 5.16. The molecule has 2 aliphatic rings. The van der Waals surface area contributed by atoms with Gasteiger partial charge in [-0.3, -0.25) is 9.80 Å². The number of morpholine rings is 1. The fourth-order valence-electron chi connectivity index (χ4n) is 3.85. The van der Waals surface area contributed by atoms with E-state index in [-0.39, 0.29) is 5.54 Å². The highest BCUT2D eigenvalue weighted by Crippen LogP contribution is 2.34. The first-order valence-electron chi connectivity index (χ1n) is 9.01. The van der Waals surface area contributed by atoms with Gasteiger partial charge in [-0.1, -0.05) is 19.0 Å². The Hall–Kier alpha value is -0.910. The van der Waals surface area contributed by atoms with E-state index in [0.717, 1.165) is 50.8 Å². The molecular weight excluding hydrogens is 290 g/mol. The summed E-state index contributed by atoms with van der Waals surface area (Å²) in [5.41, 5.74) is 1.28. The van der Waals surface area contributed by atoms with Crippen LogP contribution in [0.4, 0.5) is 0 Å². The smallest absolute Gasteiger partial charge is 0.139 e. The molecule has 1 atom stereocenters. The van der Waals surface area contributed by atoms with E-state index >= 15 is 0 Å². The number of rotatable bonds is 5. The van der Waals surface area contributed by atoms with E-state index in [1.54, 1.807) is 0 Å². The summed E-state index contributed by atoms with van der Waals surface area (Å²) < 4.78 is 11.0. The van der Waals surface area contributed by atoms with Crippen LogP contribution in [0.5, 0.6) is 0 Å². The normalized spacial score (nSPS) is 24.7. The molecule has 0 bridgehead atoms. The predicted octanol–water partition coefficient (Wildman–Crippen LogP) is 3.05. The van der Waals surface area contributed by atoms with E-state index in [1.807, 2.05) is 0 Å². The maximum Gasteiger partial charge on any atom is 0.139 e. The van der Waals surface area contributed by atoms with E-state index in [4.69, 9.17) is 9.26 Å². The van der Waals surface area contributed by atoms with E-state index in [9.17, 15) is 0 Å². The zero-order valence-electron chi connectivity index (χ0n) is 15.0. The van der Waals surface area contributed by atoms with Crippen LogP contribution in [-0.4, -0.2) is 59.9 Å². The number of likely N-dealkylation sites (tertiary alicyclic amines) is 1. The first kappa shape index (κ1) is 16.9. The minimum absolute atomic E-state index is 0.164. The largest absolute Gasteiger partial charge is 0.379 e. The van der Waals surface area contributed by atoms with Crippen molar-refractivity contribution < 1.29 is 9.26 Å². The molecule has 0 unspecified atom stereocenters. The third-order valence-corrected chi connectivity index (χ3v) is 5.28. The summed E-state index contributed by atoms with van der Waals surface area (Å²) in [7, 11) is 0. The zero-order chi connectivity index (χ0) is 16.4. The van der Waals surface area contributed by atoms with Gasteiger partial charge in [-0.2, -0.15) is 0 Å². The lowest BCUT2D eigenvalue weighted by molar-refractivity contribution is -0.0233. The third-order valence-electron chi connectivity index (χ3n) is 5.28. The molecule has 5 nitrogen and oxygen atoms in total. The van der Waals surface area contributed by atoms with Gasteiger partial charge in [0.25, 0.3) is 0 Å². The number of aromatic nitrogens is 1. The molecule has 5 heteroatoms. The lowest BCUT2D eigenvalue weighted by atomic mass is 10.00. The Morgan fingerprint density at radius 2 is 2.00 bits per heavy atom. The molecule has 2 fully saturated rings. The summed E-state index contributed by atoms with van der Waals surface area (Å²) >= 11 is 0. The molecule has 0 amide bonds. The monoisotopic (exact) mass is 321 g/mol. The molecule has 3 heterocycles. The van der Waals surface area contributed by atoms with Crippen molar-refractivity contribution in [2.45, 2.75) is 58.0 Å². The maximum absolute atomic E-state index is 5.53. The Bertz CT molecular complexity index is 506. The molecule has 0 aliphatic carbocycles. The van der Waals surface area contributed by atoms with Crippen LogP contribution in [0, 0.1) is 0 Å². The average Bonchev–Trinajstić information content (AvgIpc) is 3.16. The fourth-order valence-corrected chi connectivity index (χ4v) is 3.85. The second kappa shape index (κ2) is 6.91. The van der Waals surface area contributed by atoms with Gasteiger partial charge >= 0.3 is 0 Å². The third kappa shape index (κ3) is 3.78. The van der Waals surface area contributed by atoms with Gasteiger partial charge in [0.1, 0.15) is 11.5 Å². The second-order valence-corrected chi connectivity index (χ2v) is 7.85. The minimum Gasteiger partial charge on any atom is -0.379 e. The van der Waals surface area contributed by atoms with Crippen molar-refractivity contribution in [2.24, 2.45) is 0 Å². The van der Waals surface area contributed by atoms with E-state index in [2.05, 4.69) is 48.7 Å². The lowest BCUT2D eigenvalue weighted by Gasteiger charge is -2.43. The van der Waals surface area contributed by atoms with Gasteiger partial charge < -0.3 is 9.26 Å². The van der Waals surface area contributed by atoms with Crippen LogP contribution in [0.1, 0.15) is 64.0 Å². The lowest BCUT2D eigenvalue weighted by Crippen LogP contribution is -2.55. The first-order chi connectivity index (χ1) is 11.0. The Balaban J connectivity index is 1.68. The van der Waals surface area contributed by atoms with Crippen molar-refractivity contribution in [3.63, 3.8) is 0 Å². The Kier molecular flexibility index (Phi) is 5.09. The number of hydrogen-bond acceptors (Lipinski definition) is 5. The molecule has 1 aromatic rings. The SMILES string of the molecule is CC(C)c1cc([C@H]2CCCN2CC(C)(C)N2CCOCC2)no1. The van der Waals surface area contributed by atoms with Crippen molar-refractivity contribution in [3.8, 4) is 0 Å². The Morgan fingerprint density at radius 3 is 2.65 bits per heavy atom. The van der Waals surface area contributed by atoms with Gasteiger partial charge in [0.2, 0.25) is 0 Å². The van der Waals surface area contributed by atoms with E-state index in [1.165, 1.54) is 12.8 Å². The van der Waals surface area contributed by atoms with Crippen LogP contribution >= 0.6 is 0 Å². The van der Waals surface area contributed by atoms with Gasteiger partial charge in [0, 0.05) is 37.2 Å². The molecule has 0 spiro atoms. The van der Waals surface area contributed by atoms with Crippen LogP contribution in [-0.2, 0) is 4.74 Å². The Labute approximate surface area is 139 Å². The first-order valence-corrected chi connectivity index (χ1v) is 9.01. The molecule has 0 radical (unpaired) electrons. The number of nitrogens with zero attached hydrogens (tertiary/aromatic N) is 3. The fraction of sp³-hybridized carbons (Fsp3) is 0.833. The Morgan fingerprint density at radius 1 is 1.26 bits per heavy atom. The van der Waals surface area contributed by atoms with Crippen molar-refractivity contribution in [1.29, 1.82) is 0 Å². The zero-order valence-corrected chi connectivity index (χ0v) is 15.0. The second-order valence-electron chi connectivity index (χ2n) is 7.85. The molecule has 23 heavy (non-hydrogen) atoms. The topological polar surface area (TPSA) is 41.7 Å². The molecule has 1 aromatic heterocycles. The molecule has 2 aliphatic heterocycles. The van der Waals surface area contributed by atoms with Gasteiger partial charge in [0.15, 0.2) is 0 Å². The highest BCUT2D eigenvalue weighted by molar-refractivity contribution is 5.14. The summed E-state index contributed by atoms with van der Waals surface area (Å²) in [5, 5.41) is 4.36. The van der Waals surface area contributed by atoms with Crippen LogP contribution in [0.15, 0.2) is 10.6 Å². The van der Waals surface area contributed by atoms with E-state index in [0.29, 0.717) is 12.0 Å². The van der Waals surface area contributed by atoms with Gasteiger partial charge in [-0.25, -0.2) is 0 Å². The van der Waals surface area contributed by atoms with Gasteiger partial charge in [-0.05, 0) is 33.2 Å². The van der Waals surface area contributed by atoms with Crippen LogP contribution < -0.4 is 0 Å². The van der Waals surface area contributed by atoms with Crippen LogP contribution in [0.3, 0.4) is 0 Å². The van der Waals surface area contributed by atoms with E-state index < -0.39 is 0 Å². The summed E-state index contributed by atoms with van der Waals surface area (Å²) in [5.74, 6) is 1.40. The van der Waals surface area contributed by atoms with Gasteiger partial charge in [0.05, 0.1) is 19.3 Å². The van der Waals surface area contributed by atoms with Crippen LogP contribution in [0.2, 0.25) is 0 Å². The molecule has 130 valence electrons. The molecular formula is C18H31N3O2. The summed E-state index contributed by atoms with van der Waals surface area (Å²) in [6, 6.07) is 2.57. The van der Waals surface area contributed by atoms with Gasteiger partial charge in [-0.15, -0.1) is 0 Å². The standard InChI is InChI=1S/C18H31N3O2/c1-14(2)17-12-15(19-23-17)16-6-5-7-20(16)13-18(3,4)21-8-10-22-11-9-21/h12,14,16H,5-11,13H2,1-4H3/t16-/m1/s1. The summed E-state index contributed by atoms with van der Waals surface area (Å²) in [6.07, 6.45) is 2.43. The minimum atomic E-state index is 0.164. The molecule has 0 aromatic carbocycles. The highest BCUT2D eigenvalue weighted by atomic mass is 16.5. The molecule has 0 saturated carbocycles. The number of ether oxygens (including phenoxy) is 1. The van der Waals surface area contributed by atoms with Crippen molar-refractivity contribution in [2.75, 3.05) is 39.4 Å². The molecule has 0 N–H and O–H groups in total. The predicted molar refractivity (Wildman–Crippen MR) is 90.6 cm³/mol. The quantitative estimate of drug-likeness (QED) is 0.834. The van der Waals surface area contributed by atoms with Crippen molar-refractivity contribution >= 4 is 0 Å². The summed E-state index contributed by atoms with van der Waals surface area (Å²) in [6.45, 7) is 15.0.